The van der Waals surface area contributed by atoms with Crippen LogP contribution in [-0.2, 0) is 22.6 Å². The normalized spacial score (nSPS) is 11.1. The SMILES string of the molecule is CC(C)(C)OC(=O)NCCNC(=O)c1nc(NCc2ccccc2)c(C(=O)NCCNC(=O)OC(C)(C)C)nc1NCc1ccccc1. The molecule has 6 N–H and O–H groups in total. The molecule has 0 unspecified atom stereocenters. The van der Waals surface area contributed by atoms with E-state index in [-0.39, 0.29) is 49.2 Å². The highest BCUT2D eigenvalue weighted by Crippen LogP contribution is 2.20. The van der Waals surface area contributed by atoms with Gasteiger partial charge in [-0.15, -0.1) is 0 Å². The third-order valence-electron chi connectivity index (χ3n) is 6.09. The smallest absolute Gasteiger partial charge is 0.407 e. The number of benzene rings is 2. The fourth-order valence-electron chi connectivity index (χ4n) is 4.04. The predicted octanol–water partition coefficient (Wildman–Crippen LogP) is 4.21. The number of nitrogens with one attached hydrogen (secondary N) is 6. The van der Waals surface area contributed by atoms with Crippen LogP contribution in [0.25, 0.3) is 0 Å². The first-order chi connectivity index (χ1) is 22.7. The molecule has 0 aliphatic carbocycles. The van der Waals surface area contributed by atoms with Crippen molar-refractivity contribution in [2.24, 2.45) is 0 Å². The first-order valence-corrected chi connectivity index (χ1v) is 15.7. The quantitative estimate of drug-likeness (QED) is 0.137. The van der Waals surface area contributed by atoms with Crippen molar-refractivity contribution in [1.29, 1.82) is 0 Å². The van der Waals surface area contributed by atoms with E-state index in [1.54, 1.807) is 41.5 Å². The number of carbonyl (C=O) groups excluding carboxylic acids is 4. The lowest BCUT2D eigenvalue weighted by atomic mass is 10.2. The lowest BCUT2D eigenvalue weighted by Gasteiger charge is -2.20. The Labute approximate surface area is 281 Å². The third-order valence-corrected chi connectivity index (χ3v) is 6.09. The molecule has 1 heterocycles. The second-order valence-electron chi connectivity index (χ2n) is 12.7. The van der Waals surface area contributed by atoms with Crippen LogP contribution in [0.15, 0.2) is 60.7 Å². The first-order valence-electron chi connectivity index (χ1n) is 15.7. The highest BCUT2D eigenvalue weighted by Gasteiger charge is 2.24. The van der Waals surface area contributed by atoms with Gasteiger partial charge in [-0.1, -0.05) is 60.7 Å². The van der Waals surface area contributed by atoms with Gasteiger partial charge in [0.15, 0.2) is 23.0 Å². The van der Waals surface area contributed by atoms with Crippen LogP contribution in [0.3, 0.4) is 0 Å². The van der Waals surface area contributed by atoms with Crippen molar-refractivity contribution in [3.05, 3.63) is 83.2 Å². The van der Waals surface area contributed by atoms with Gasteiger partial charge in [0, 0.05) is 39.3 Å². The molecule has 48 heavy (non-hydrogen) atoms. The molecule has 2 aromatic carbocycles. The molecule has 0 fully saturated rings. The Balaban J connectivity index is 1.83. The van der Waals surface area contributed by atoms with Crippen LogP contribution in [-0.4, -0.2) is 71.3 Å². The molecular formula is C34H46N8O6. The molecule has 0 aliphatic heterocycles. The summed E-state index contributed by atoms with van der Waals surface area (Å²) in [5.74, 6) is -0.974. The average Bonchev–Trinajstić information content (AvgIpc) is 3.02. The molecular weight excluding hydrogens is 616 g/mol. The van der Waals surface area contributed by atoms with Crippen LogP contribution in [0, 0.1) is 0 Å². The molecule has 0 bridgehead atoms. The number of anilines is 2. The summed E-state index contributed by atoms with van der Waals surface area (Å²) in [7, 11) is 0. The Morgan fingerprint density at radius 2 is 0.875 bits per heavy atom. The van der Waals surface area contributed by atoms with E-state index in [0.717, 1.165) is 11.1 Å². The topological polar surface area (TPSA) is 185 Å². The molecule has 0 saturated carbocycles. The zero-order valence-electron chi connectivity index (χ0n) is 28.4. The molecule has 0 spiro atoms. The van der Waals surface area contributed by atoms with Gasteiger partial charge in [0.2, 0.25) is 0 Å². The fourth-order valence-corrected chi connectivity index (χ4v) is 4.04. The van der Waals surface area contributed by atoms with Crippen LogP contribution < -0.4 is 31.9 Å². The van der Waals surface area contributed by atoms with E-state index in [0.29, 0.717) is 13.1 Å². The minimum atomic E-state index is -0.659. The number of carbonyl (C=O) groups is 4. The van der Waals surface area contributed by atoms with Gasteiger partial charge < -0.3 is 41.4 Å². The van der Waals surface area contributed by atoms with E-state index >= 15 is 0 Å². The van der Waals surface area contributed by atoms with Gasteiger partial charge >= 0.3 is 12.2 Å². The number of alkyl carbamates (subject to hydrolysis) is 2. The lowest BCUT2D eigenvalue weighted by molar-refractivity contribution is 0.0516. The number of amides is 4. The minimum Gasteiger partial charge on any atom is -0.444 e. The maximum Gasteiger partial charge on any atom is 0.407 e. The Kier molecular flexibility index (Phi) is 13.5. The van der Waals surface area contributed by atoms with Gasteiger partial charge in [0.05, 0.1) is 0 Å². The van der Waals surface area contributed by atoms with Gasteiger partial charge in [-0.3, -0.25) is 9.59 Å². The number of hydrogen-bond acceptors (Lipinski definition) is 10. The van der Waals surface area contributed by atoms with E-state index in [2.05, 4.69) is 41.9 Å². The second kappa shape index (κ2) is 17.5. The van der Waals surface area contributed by atoms with Crippen molar-refractivity contribution in [3.8, 4) is 0 Å². The Morgan fingerprint density at radius 3 is 1.21 bits per heavy atom. The predicted molar refractivity (Wildman–Crippen MR) is 183 cm³/mol. The van der Waals surface area contributed by atoms with Crippen LogP contribution in [0.2, 0.25) is 0 Å². The average molecular weight is 663 g/mol. The van der Waals surface area contributed by atoms with E-state index in [4.69, 9.17) is 9.47 Å². The molecule has 0 aliphatic rings. The van der Waals surface area contributed by atoms with Crippen molar-refractivity contribution in [1.82, 2.24) is 31.2 Å². The number of hydrogen-bond donors (Lipinski definition) is 6. The summed E-state index contributed by atoms with van der Waals surface area (Å²) in [5.41, 5.74) is 0.404. The number of ether oxygens (including phenoxy) is 2. The molecule has 258 valence electrons. The lowest BCUT2D eigenvalue weighted by Crippen LogP contribution is -2.39. The molecule has 3 aromatic rings. The van der Waals surface area contributed by atoms with E-state index in [1.807, 2.05) is 60.7 Å². The molecule has 4 amide bonds. The molecule has 0 atom stereocenters. The maximum absolute atomic E-state index is 13.5. The monoisotopic (exact) mass is 662 g/mol. The maximum atomic E-state index is 13.5. The van der Waals surface area contributed by atoms with Crippen LogP contribution in [0.4, 0.5) is 21.2 Å². The Hall–Kier alpha value is -5.40. The molecule has 1 aromatic heterocycles. The van der Waals surface area contributed by atoms with Gasteiger partial charge in [-0.05, 0) is 52.7 Å². The van der Waals surface area contributed by atoms with Crippen LogP contribution in [0.1, 0.15) is 73.6 Å². The standard InChI is InChI=1S/C34H46N8O6/c1-33(2,3)47-31(45)37-19-17-35-29(43)25-27(39-21-23-13-9-7-10-14-23)42-26(28(41-25)40-22-24-15-11-8-12-16-24)30(44)36-18-20-38-32(46)48-34(4,5)6/h7-16H,17-22H2,1-6H3,(H,35,43)(H,36,44)(H,37,45)(H,38,46)(H,40,41)(H,39,42). The summed E-state index contributed by atoms with van der Waals surface area (Å²) in [6.07, 6.45) is -1.21. The largest absolute Gasteiger partial charge is 0.444 e. The van der Waals surface area contributed by atoms with Crippen molar-refractivity contribution < 1.29 is 28.7 Å². The number of nitrogens with zero attached hydrogens (tertiary/aromatic N) is 2. The first kappa shape index (κ1) is 37.1. The second-order valence-corrected chi connectivity index (χ2v) is 12.7. The molecule has 14 nitrogen and oxygen atoms in total. The van der Waals surface area contributed by atoms with E-state index in [1.165, 1.54) is 0 Å². The van der Waals surface area contributed by atoms with Gasteiger partial charge in [-0.2, -0.15) is 0 Å². The summed E-state index contributed by atoms with van der Waals surface area (Å²) in [4.78, 5) is 60.1. The molecule has 0 saturated heterocycles. The third kappa shape index (κ3) is 13.5. The van der Waals surface area contributed by atoms with Crippen molar-refractivity contribution in [3.63, 3.8) is 0 Å². The Morgan fingerprint density at radius 1 is 0.542 bits per heavy atom. The summed E-state index contributed by atoms with van der Waals surface area (Å²) in [6, 6.07) is 18.9. The molecule has 0 radical (unpaired) electrons. The van der Waals surface area contributed by atoms with Crippen LogP contribution >= 0.6 is 0 Å². The van der Waals surface area contributed by atoms with Gasteiger partial charge in [-0.25, -0.2) is 19.6 Å². The number of rotatable bonds is 14. The summed E-state index contributed by atoms with van der Waals surface area (Å²) in [5, 5.41) is 17.0. The summed E-state index contributed by atoms with van der Waals surface area (Å²) in [6.45, 7) is 11.5. The fraction of sp³-hybridized carbons (Fsp3) is 0.412. The van der Waals surface area contributed by atoms with Crippen molar-refractivity contribution >= 4 is 35.6 Å². The molecule has 14 heteroatoms. The zero-order valence-corrected chi connectivity index (χ0v) is 28.4. The van der Waals surface area contributed by atoms with Gasteiger partial charge in [0.25, 0.3) is 11.8 Å². The number of aromatic nitrogens is 2. The molecule has 3 rings (SSSR count). The van der Waals surface area contributed by atoms with Gasteiger partial charge in [0.1, 0.15) is 11.2 Å². The highest BCUT2D eigenvalue weighted by molar-refractivity contribution is 6.01. The highest BCUT2D eigenvalue weighted by atomic mass is 16.6. The van der Waals surface area contributed by atoms with E-state index in [9.17, 15) is 19.2 Å². The zero-order chi connectivity index (χ0) is 35.2. The minimum absolute atomic E-state index is 0.0538. The summed E-state index contributed by atoms with van der Waals surface area (Å²) >= 11 is 0. The van der Waals surface area contributed by atoms with Crippen molar-refractivity contribution in [2.75, 3.05) is 36.8 Å². The van der Waals surface area contributed by atoms with Crippen LogP contribution in [0.5, 0.6) is 0 Å². The van der Waals surface area contributed by atoms with E-state index < -0.39 is 35.2 Å². The Bertz CT molecular complexity index is 1410. The van der Waals surface area contributed by atoms with Crippen molar-refractivity contribution in [2.45, 2.75) is 65.8 Å². The summed E-state index contributed by atoms with van der Waals surface area (Å²) < 4.78 is 10.5.